The zero-order valence-electron chi connectivity index (χ0n) is 15.3. The second-order valence-electron chi connectivity index (χ2n) is 5.93. The summed E-state index contributed by atoms with van der Waals surface area (Å²) < 4.78 is 0. The van der Waals surface area contributed by atoms with E-state index in [9.17, 15) is 4.79 Å². The Kier molecular flexibility index (Phi) is 7.41. The highest BCUT2D eigenvalue weighted by atomic mass is 35.5. The summed E-state index contributed by atoms with van der Waals surface area (Å²) in [7, 11) is 3.49. The van der Waals surface area contributed by atoms with E-state index in [0.717, 1.165) is 23.6 Å². The number of nitrogens with one attached hydrogen (secondary N) is 2. The van der Waals surface area contributed by atoms with Crippen molar-refractivity contribution in [3.63, 3.8) is 0 Å². The highest BCUT2D eigenvalue weighted by Crippen LogP contribution is 2.07. The molecule has 0 atom stereocenters. The molecule has 0 spiro atoms. The summed E-state index contributed by atoms with van der Waals surface area (Å²) in [5.41, 5.74) is 2.73. The maximum Gasteiger partial charge on any atom is 0.253 e. The zero-order chi connectivity index (χ0) is 18.9. The summed E-state index contributed by atoms with van der Waals surface area (Å²) in [6, 6.07) is 11.2. The summed E-state index contributed by atoms with van der Waals surface area (Å²) in [5, 5.41) is 6.97. The van der Waals surface area contributed by atoms with Gasteiger partial charge in [-0.2, -0.15) is 0 Å². The molecule has 2 rings (SSSR count). The largest absolute Gasteiger partial charge is 0.357 e. The summed E-state index contributed by atoms with van der Waals surface area (Å²) >= 11 is 5.79. The van der Waals surface area contributed by atoms with Crippen LogP contribution in [0.15, 0.2) is 47.6 Å². The lowest BCUT2D eigenvalue weighted by atomic mass is 10.1. The van der Waals surface area contributed by atoms with E-state index in [1.54, 1.807) is 31.3 Å². The average Bonchev–Trinajstić information content (AvgIpc) is 2.65. The number of guanidine groups is 1. The quantitative estimate of drug-likeness (QED) is 0.464. The Morgan fingerprint density at radius 1 is 1.12 bits per heavy atom. The summed E-state index contributed by atoms with van der Waals surface area (Å²) in [4.78, 5) is 22.1. The van der Waals surface area contributed by atoms with E-state index in [1.807, 2.05) is 37.3 Å². The number of aliphatic imine (C=N–C) groups is 1. The molecule has 1 heterocycles. The second-order valence-corrected chi connectivity index (χ2v) is 6.32. The molecule has 6 nitrogen and oxygen atoms in total. The molecule has 0 saturated carbocycles. The molecule has 1 amide bonds. The molecule has 0 saturated heterocycles. The van der Waals surface area contributed by atoms with Crippen LogP contribution in [0.1, 0.15) is 28.4 Å². The molecule has 0 fully saturated rings. The van der Waals surface area contributed by atoms with Gasteiger partial charge in [-0.3, -0.25) is 4.79 Å². The maximum absolute atomic E-state index is 11.9. The number of pyridine rings is 1. The van der Waals surface area contributed by atoms with Crippen molar-refractivity contribution in [3.05, 3.63) is 64.4 Å². The van der Waals surface area contributed by atoms with Crippen molar-refractivity contribution in [1.82, 2.24) is 20.5 Å². The van der Waals surface area contributed by atoms with Gasteiger partial charge in [0.2, 0.25) is 0 Å². The monoisotopic (exact) mass is 373 g/mol. The number of aromatic nitrogens is 1. The Hall–Kier alpha value is -2.60. The number of nitrogens with zero attached hydrogens (tertiary/aromatic N) is 3. The number of rotatable bonds is 6. The third-order valence-electron chi connectivity index (χ3n) is 3.62. The third kappa shape index (κ3) is 6.04. The van der Waals surface area contributed by atoms with Gasteiger partial charge in [-0.25, -0.2) is 9.98 Å². The number of amides is 1. The molecule has 7 heteroatoms. The number of hydrogen-bond acceptors (Lipinski definition) is 3. The third-order valence-corrected chi connectivity index (χ3v) is 3.84. The van der Waals surface area contributed by atoms with Gasteiger partial charge in [0, 0.05) is 38.9 Å². The van der Waals surface area contributed by atoms with Gasteiger partial charge in [-0.05, 0) is 36.2 Å². The minimum atomic E-state index is -0.00372. The molecule has 0 aliphatic heterocycles. The predicted molar refractivity (Wildman–Crippen MR) is 105 cm³/mol. The average molecular weight is 374 g/mol. The van der Waals surface area contributed by atoms with Crippen molar-refractivity contribution < 1.29 is 4.79 Å². The molecule has 0 aliphatic rings. The van der Waals surface area contributed by atoms with Crippen LogP contribution in [0, 0.1) is 0 Å². The van der Waals surface area contributed by atoms with E-state index in [4.69, 9.17) is 11.6 Å². The second kappa shape index (κ2) is 9.77. The van der Waals surface area contributed by atoms with Crippen molar-refractivity contribution in [1.29, 1.82) is 0 Å². The fourth-order valence-electron chi connectivity index (χ4n) is 2.22. The minimum Gasteiger partial charge on any atom is -0.357 e. The van der Waals surface area contributed by atoms with Crippen molar-refractivity contribution in [3.8, 4) is 0 Å². The van der Waals surface area contributed by atoms with Gasteiger partial charge in [-0.1, -0.05) is 29.8 Å². The van der Waals surface area contributed by atoms with Gasteiger partial charge in [0.1, 0.15) is 5.15 Å². The maximum atomic E-state index is 11.9. The van der Waals surface area contributed by atoms with E-state index in [-0.39, 0.29) is 5.91 Å². The predicted octanol–water partition coefficient (Wildman–Crippen LogP) is 2.69. The lowest BCUT2D eigenvalue weighted by Gasteiger charge is -2.13. The molecule has 0 bridgehead atoms. The molecular formula is C19H24ClN5O. The molecule has 138 valence electrons. The summed E-state index contributed by atoms with van der Waals surface area (Å²) in [5.74, 6) is 0.715. The van der Waals surface area contributed by atoms with Crippen LogP contribution in [0.5, 0.6) is 0 Å². The SMILES string of the molecule is CCNC(=NCc1ccc(Cl)nc1)NCc1ccc(C(=O)N(C)C)cc1. The fourth-order valence-corrected chi connectivity index (χ4v) is 2.33. The first-order valence-corrected chi connectivity index (χ1v) is 8.80. The van der Waals surface area contributed by atoms with E-state index in [1.165, 1.54) is 0 Å². The molecule has 1 aromatic carbocycles. The molecule has 0 unspecified atom stereocenters. The molecule has 2 aromatic rings. The number of carbonyl (C=O) groups excluding carboxylic acids is 1. The van der Waals surface area contributed by atoms with Crippen LogP contribution >= 0.6 is 11.6 Å². The Labute approximate surface area is 159 Å². The van der Waals surface area contributed by atoms with Crippen LogP contribution < -0.4 is 10.6 Å². The van der Waals surface area contributed by atoms with Gasteiger partial charge in [-0.15, -0.1) is 0 Å². The van der Waals surface area contributed by atoms with Gasteiger partial charge < -0.3 is 15.5 Å². The van der Waals surface area contributed by atoms with E-state index in [2.05, 4.69) is 20.6 Å². The van der Waals surface area contributed by atoms with Gasteiger partial charge in [0.05, 0.1) is 6.54 Å². The molecule has 0 radical (unpaired) electrons. The fraction of sp³-hybridized carbons (Fsp3) is 0.316. The van der Waals surface area contributed by atoms with Gasteiger partial charge in [0.25, 0.3) is 5.91 Å². The normalized spacial score (nSPS) is 11.2. The highest BCUT2D eigenvalue weighted by Gasteiger charge is 2.07. The van der Waals surface area contributed by atoms with Crippen molar-refractivity contribution in [2.75, 3.05) is 20.6 Å². The van der Waals surface area contributed by atoms with E-state index in [0.29, 0.717) is 23.8 Å². The first-order chi connectivity index (χ1) is 12.5. The molecule has 1 aromatic heterocycles. The summed E-state index contributed by atoms with van der Waals surface area (Å²) in [6.45, 7) is 3.90. The first-order valence-electron chi connectivity index (χ1n) is 8.42. The standard InChI is InChI=1S/C19H24ClN5O/c1-4-21-19(24-13-15-7-10-17(20)22-12-15)23-11-14-5-8-16(9-6-14)18(26)25(2)3/h5-10,12H,4,11,13H2,1-3H3,(H2,21,23,24). The Morgan fingerprint density at radius 2 is 1.81 bits per heavy atom. The first kappa shape index (κ1) is 19.7. The van der Waals surface area contributed by atoms with Crippen molar-refractivity contribution in [2.24, 2.45) is 4.99 Å². The van der Waals surface area contributed by atoms with Gasteiger partial charge >= 0.3 is 0 Å². The Balaban J connectivity index is 1.96. The Morgan fingerprint density at radius 3 is 2.38 bits per heavy atom. The van der Waals surface area contributed by atoms with Crippen LogP contribution in [0.3, 0.4) is 0 Å². The van der Waals surface area contributed by atoms with Crippen molar-refractivity contribution in [2.45, 2.75) is 20.0 Å². The summed E-state index contributed by atoms with van der Waals surface area (Å²) in [6.07, 6.45) is 1.72. The van der Waals surface area contributed by atoms with Gasteiger partial charge in [0.15, 0.2) is 5.96 Å². The van der Waals surface area contributed by atoms with Crippen LogP contribution in [0.2, 0.25) is 5.15 Å². The highest BCUT2D eigenvalue weighted by molar-refractivity contribution is 6.29. The van der Waals surface area contributed by atoms with Crippen LogP contribution in [0.25, 0.3) is 0 Å². The molecule has 2 N–H and O–H groups in total. The lowest BCUT2D eigenvalue weighted by molar-refractivity contribution is 0.0827. The van der Waals surface area contributed by atoms with Crippen molar-refractivity contribution >= 4 is 23.5 Å². The lowest BCUT2D eigenvalue weighted by Crippen LogP contribution is -2.36. The van der Waals surface area contributed by atoms with Crippen LogP contribution in [0.4, 0.5) is 0 Å². The number of halogens is 1. The zero-order valence-corrected chi connectivity index (χ0v) is 16.0. The smallest absolute Gasteiger partial charge is 0.253 e. The number of hydrogen-bond donors (Lipinski definition) is 2. The molecule has 0 aliphatic carbocycles. The topological polar surface area (TPSA) is 69.6 Å². The number of carbonyl (C=O) groups is 1. The molecular weight excluding hydrogens is 350 g/mol. The van der Waals surface area contributed by atoms with E-state index >= 15 is 0 Å². The van der Waals surface area contributed by atoms with Crippen LogP contribution in [-0.2, 0) is 13.1 Å². The van der Waals surface area contributed by atoms with Crippen LogP contribution in [-0.4, -0.2) is 42.4 Å². The molecule has 26 heavy (non-hydrogen) atoms. The Bertz CT molecular complexity index is 742. The number of benzene rings is 1. The minimum absolute atomic E-state index is 0.00372. The van der Waals surface area contributed by atoms with E-state index < -0.39 is 0 Å².